The summed E-state index contributed by atoms with van der Waals surface area (Å²) in [5.74, 6) is -1.24. The first-order valence-electron chi connectivity index (χ1n) is 12.9. The summed E-state index contributed by atoms with van der Waals surface area (Å²) in [4.78, 5) is 55.5. The highest BCUT2D eigenvalue weighted by Gasteiger charge is 2.54. The van der Waals surface area contributed by atoms with Gasteiger partial charge in [0.2, 0.25) is 0 Å². The van der Waals surface area contributed by atoms with Gasteiger partial charge in [-0.1, -0.05) is 23.8 Å². The summed E-state index contributed by atoms with van der Waals surface area (Å²) in [5.41, 5.74) is 13.0. The molecule has 2 amide bonds. The number of carboxylic acid groups (broad SMARTS) is 1. The van der Waals surface area contributed by atoms with Crippen LogP contribution < -0.4 is 16.8 Å². The predicted molar refractivity (Wildman–Crippen MR) is 161 cm³/mol. The molecule has 3 aliphatic rings. The highest BCUT2D eigenvalue weighted by molar-refractivity contribution is 8.06. The third-order valence-electron chi connectivity index (χ3n) is 6.69. The van der Waals surface area contributed by atoms with E-state index in [0.717, 1.165) is 53.2 Å². The molecule has 4 heterocycles. The summed E-state index contributed by atoms with van der Waals surface area (Å²) in [6.07, 6.45) is 6.98. The predicted octanol–water partition coefficient (Wildman–Crippen LogP) is 2.98. The minimum Gasteiger partial charge on any atom is -0.477 e. The van der Waals surface area contributed by atoms with Gasteiger partial charge in [-0.25, -0.2) is 9.78 Å². The van der Waals surface area contributed by atoms with Gasteiger partial charge in [0.25, 0.3) is 11.8 Å². The average Bonchev–Trinajstić information content (AvgIpc) is 3.64. The number of pyridine rings is 1. The van der Waals surface area contributed by atoms with E-state index in [4.69, 9.17) is 16.3 Å². The van der Waals surface area contributed by atoms with E-state index < -0.39 is 29.2 Å². The second-order valence-electron chi connectivity index (χ2n) is 9.35. The molecule has 5 rings (SSSR count). The highest BCUT2D eigenvalue weighted by Crippen LogP contribution is 2.46. The Labute approximate surface area is 253 Å². The minimum absolute atomic E-state index is 0.0753. The molecule has 218 valence electrons. The van der Waals surface area contributed by atoms with E-state index >= 15 is 0 Å². The van der Waals surface area contributed by atoms with Crippen LogP contribution in [0.25, 0.3) is 0 Å². The van der Waals surface area contributed by atoms with Crippen molar-refractivity contribution in [3.05, 3.63) is 45.7 Å². The number of aromatic nitrogens is 2. The quantitative estimate of drug-likeness (QED) is 0.123. The number of anilines is 1. The molecule has 6 N–H and O–H groups in total. The monoisotopic (exact) mass is 635 g/mol. The van der Waals surface area contributed by atoms with Crippen LogP contribution in [0.1, 0.15) is 49.2 Å². The van der Waals surface area contributed by atoms with Crippen LogP contribution in [0, 0.1) is 0 Å². The number of oxime groups is 1. The van der Waals surface area contributed by atoms with Crippen LogP contribution in [0.3, 0.4) is 0 Å². The second kappa shape index (κ2) is 13.0. The van der Waals surface area contributed by atoms with Crippen LogP contribution >= 0.6 is 46.6 Å². The summed E-state index contributed by atoms with van der Waals surface area (Å²) in [5, 5.41) is 17.9. The van der Waals surface area contributed by atoms with Gasteiger partial charge in [0.05, 0.1) is 5.37 Å². The topological polar surface area (TPSA) is 186 Å². The zero-order valence-corrected chi connectivity index (χ0v) is 25.3. The number of nitrogens with zero attached hydrogens (tertiary/aromatic N) is 4. The maximum absolute atomic E-state index is 13.3. The van der Waals surface area contributed by atoms with Gasteiger partial charge in [0.1, 0.15) is 28.9 Å². The Hall–Kier alpha value is -2.79. The molecule has 1 aliphatic carbocycles. The molecule has 0 bridgehead atoms. The van der Waals surface area contributed by atoms with Gasteiger partial charge in [0.15, 0.2) is 10.8 Å². The van der Waals surface area contributed by atoms with Crippen molar-refractivity contribution in [3.63, 3.8) is 0 Å². The summed E-state index contributed by atoms with van der Waals surface area (Å²) >= 11 is 5.36. The van der Waals surface area contributed by atoms with Crippen molar-refractivity contribution in [2.24, 2.45) is 10.9 Å². The zero-order chi connectivity index (χ0) is 29.1. The first-order valence-corrected chi connectivity index (χ1v) is 16.7. The van der Waals surface area contributed by atoms with E-state index in [0.29, 0.717) is 10.7 Å². The Bertz CT molecular complexity index is 1390. The van der Waals surface area contributed by atoms with Gasteiger partial charge < -0.3 is 26.7 Å². The summed E-state index contributed by atoms with van der Waals surface area (Å²) in [6, 6.07) is 0.854. The molecule has 0 aromatic carbocycles. The highest BCUT2D eigenvalue weighted by atomic mass is 32.2. The number of rotatable bonds is 11. The number of β-lactam (4-membered cyclic amide) rings is 1. The molecule has 2 aromatic rings. The van der Waals surface area contributed by atoms with Crippen LogP contribution in [0.2, 0.25) is 0 Å². The van der Waals surface area contributed by atoms with Gasteiger partial charge in [-0.05, 0) is 37.5 Å². The number of amides is 2. The van der Waals surface area contributed by atoms with Crippen molar-refractivity contribution in [1.82, 2.24) is 20.2 Å². The van der Waals surface area contributed by atoms with Crippen LogP contribution in [-0.2, 0) is 19.2 Å². The number of carboxylic acids is 1. The maximum Gasteiger partial charge on any atom is 0.353 e. The van der Waals surface area contributed by atoms with Crippen molar-refractivity contribution < 1.29 is 24.3 Å². The second-order valence-corrected chi connectivity index (χ2v) is 13.9. The summed E-state index contributed by atoms with van der Waals surface area (Å²) < 4.78 is 0. The molecule has 0 spiro atoms. The van der Waals surface area contributed by atoms with Crippen molar-refractivity contribution in [2.75, 3.05) is 17.2 Å². The molecule has 41 heavy (non-hydrogen) atoms. The van der Waals surface area contributed by atoms with Crippen LogP contribution in [0.15, 0.2) is 44.5 Å². The lowest BCUT2D eigenvalue weighted by Crippen LogP contribution is -2.71. The van der Waals surface area contributed by atoms with E-state index in [2.05, 4.69) is 20.4 Å². The number of carbonyl (C=O) groups excluding carboxylic acids is 2. The minimum atomic E-state index is -1.22. The molecule has 16 heteroatoms. The number of fused-ring (bicyclic) bond motifs is 1. The lowest BCUT2D eigenvalue weighted by atomic mass is 10.0. The number of nitrogens with one attached hydrogen (secondary N) is 1. The fourth-order valence-electron chi connectivity index (χ4n) is 4.70. The van der Waals surface area contributed by atoms with Crippen molar-refractivity contribution in [1.29, 1.82) is 0 Å². The first kappa shape index (κ1) is 29.7. The maximum atomic E-state index is 13.3. The number of nitrogen functional groups attached to an aromatic ring is 1. The van der Waals surface area contributed by atoms with E-state index in [-0.39, 0.29) is 33.7 Å². The molecule has 12 nitrogen and oxygen atoms in total. The molecular weight excluding hydrogens is 607 g/mol. The zero-order valence-electron chi connectivity index (χ0n) is 22.0. The van der Waals surface area contributed by atoms with Crippen molar-refractivity contribution in [2.45, 2.75) is 60.4 Å². The number of hydrogen-bond donors (Lipinski definition) is 4. The smallest absolute Gasteiger partial charge is 0.353 e. The third kappa shape index (κ3) is 6.35. The number of carbonyl (C=O) groups is 3. The first-order chi connectivity index (χ1) is 19.8. The van der Waals surface area contributed by atoms with E-state index in [1.165, 1.54) is 28.4 Å². The molecule has 0 radical (unpaired) electrons. The molecular formula is C25H29N7O5S4. The number of hydrogen-bond acceptors (Lipinski definition) is 13. The molecule has 2 aromatic heterocycles. The van der Waals surface area contributed by atoms with Gasteiger partial charge in [0, 0.05) is 38.9 Å². The van der Waals surface area contributed by atoms with Crippen LogP contribution in [-0.4, -0.2) is 72.5 Å². The van der Waals surface area contributed by atoms with E-state index in [9.17, 15) is 19.5 Å². The van der Waals surface area contributed by atoms with Gasteiger partial charge in [-0.2, -0.15) is 0 Å². The van der Waals surface area contributed by atoms with Crippen molar-refractivity contribution >= 4 is 75.2 Å². The van der Waals surface area contributed by atoms with Gasteiger partial charge >= 0.3 is 5.97 Å². The lowest BCUT2D eigenvalue weighted by molar-refractivity contribution is -0.150. The molecule has 2 fully saturated rings. The van der Waals surface area contributed by atoms with E-state index in [1.807, 2.05) is 6.92 Å². The Balaban J connectivity index is 1.34. The number of nitrogens with two attached hydrogens (primary N) is 2. The Morgan fingerprint density at radius 1 is 1.37 bits per heavy atom. The van der Waals surface area contributed by atoms with E-state index in [1.54, 1.807) is 35.6 Å². The molecule has 1 saturated carbocycles. The van der Waals surface area contributed by atoms with Crippen molar-refractivity contribution in [3.8, 4) is 0 Å². The number of thiazole rings is 1. The van der Waals surface area contributed by atoms with Crippen LogP contribution in [0.4, 0.5) is 5.13 Å². The normalized spacial score (nSPS) is 21.9. The lowest BCUT2D eigenvalue weighted by Gasteiger charge is -2.49. The summed E-state index contributed by atoms with van der Waals surface area (Å²) in [6.45, 7) is 2.01. The molecule has 1 unspecified atom stereocenters. The van der Waals surface area contributed by atoms with Gasteiger partial charge in [-0.3, -0.25) is 19.5 Å². The fraction of sp³-hybridized carbons (Fsp3) is 0.440. The third-order valence-corrected chi connectivity index (χ3v) is 11.0. The largest absolute Gasteiger partial charge is 0.477 e. The Kier molecular flexibility index (Phi) is 9.43. The Morgan fingerprint density at radius 3 is 2.83 bits per heavy atom. The average molecular weight is 636 g/mol. The molecule has 3 atom stereocenters. The molecule has 1 saturated heterocycles. The molecule has 2 aliphatic heterocycles. The van der Waals surface area contributed by atoms with Crippen LogP contribution in [0.5, 0.6) is 0 Å². The number of aliphatic carboxylic acids is 1. The standard InChI is InChI=1S/C25H29N7O5S4/c1-2-38-20(26)13-9-28-8-7-15(13)41-16-11-39-23-18(22(34)32(23)19(16)24(35)36)30-21(33)17(14-10-40-25(27)29-14)31-37-12-5-3-4-6-12/h7-10,12,18,20,23H,2-6,11,26H2,1H3,(H2,27,29)(H,30,33)(H,35,36)/t18-,20?,23+/m1/s1. The summed E-state index contributed by atoms with van der Waals surface area (Å²) in [7, 11) is 0. The fourth-order valence-corrected chi connectivity index (χ4v) is 8.66. The number of thioether (sulfide) groups is 3. The SMILES string of the molecule is CCSC(N)c1cnccc1SC1=C(C(=O)O)N2C(=O)[C@@H](NC(=O)C(=NOC3CCCC3)c3csc(N)n3)[C@@H]2SC1. The Morgan fingerprint density at radius 2 is 2.15 bits per heavy atom. The van der Waals surface area contributed by atoms with Gasteiger partial charge in [-0.15, -0.1) is 34.9 Å².